The third-order valence-corrected chi connectivity index (χ3v) is 0.158. The van der Waals surface area contributed by atoms with Gasteiger partial charge in [-0.2, -0.15) is 0 Å². The fourth-order valence-corrected chi connectivity index (χ4v) is 0. The molecule has 0 amide bonds. The van der Waals surface area contributed by atoms with Gasteiger partial charge in [-0.25, -0.2) is 0 Å². The zero-order chi connectivity index (χ0) is 3.41. The van der Waals surface area contributed by atoms with Gasteiger partial charge in [0.2, 0.25) is 0 Å². The van der Waals surface area contributed by atoms with Gasteiger partial charge in [-0.1, -0.05) is 0 Å². The molecule has 0 saturated carbocycles. The second-order valence-electron chi connectivity index (χ2n) is 0.512. The van der Waals surface area contributed by atoms with Crippen LogP contribution in [-0.4, -0.2) is 18.9 Å². The van der Waals surface area contributed by atoms with Crippen LogP contribution in [0.3, 0.4) is 0 Å². The van der Waals surface area contributed by atoms with Crippen LogP contribution in [0, 0.1) is 0 Å². The van der Waals surface area contributed by atoms with Gasteiger partial charge in [-0.3, -0.25) is 5.32 Å². The van der Waals surface area contributed by atoms with Gasteiger partial charge in [0.05, 0.1) is 6.73 Å². The van der Waals surface area contributed by atoms with Crippen molar-refractivity contribution in [2.24, 2.45) is 0 Å². The first-order valence-corrected chi connectivity index (χ1v) is 1.17. The Morgan fingerprint density at radius 3 is 2.00 bits per heavy atom. The molecular formula is C2H8ClNO. The highest BCUT2D eigenvalue weighted by molar-refractivity contribution is 5.85. The fraction of sp³-hybridized carbons (Fsp3) is 1.00. The first kappa shape index (κ1) is 8.96. The van der Waals surface area contributed by atoms with E-state index in [4.69, 9.17) is 5.11 Å². The third-order valence-electron chi connectivity index (χ3n) is 0.158. The number of hydrogen-bond donors (Lipinski definition) is 2. The normalized spacial score (nSPS) is 6.00. The van der Waals surface area contributed by atoms with Crippen molar-refractivity contribution in [2.45, 2.75) is 0 Å². The maximum atomic E-state index is 7.76. The lowest BCUT2D eigenvalue weighted by atomic mass is 11.2. The van der Waals surface area contributed by atoms with Gasteiger partial charge in [0.15, 0.2) is 0 Å². The van der Waals surface area contributed by atoms with E-state index in [1.54, 1.807) is 7.05 Å². The maximum absolute atomic E-state index is 7.76. The highest BCUT2D eigenvalue weighted by atomic mass is 35.5. The van der Waals surface area contributed by atoms with Crippen molar-refractivity contribution < 1.29 is 5.11 Å². The van der Waals surface area contributed by atoms with E-state index < -0.39 is 0 Å². The Hall–Kier alpha value is 0.210. The Morgan fingerprint density at radius 1 is 1.80 bits per heavy atom. The molecule has 0 aromatic rings. The highest BCUT2D eigenvalue weighted by Gasteiger charge is 1.50. The molecule has 0 fully saturated rings. The van der Waals surface area contributed by atoms with E-state index in [1.165, 1.54) is 0 Å². The number of nitrogens with one attached hydrogen (secondary N) is 1. The van der Waals surface area contributed by atoms with Crippen LogP contribution >= 0.6 is 12.4 Å². The van der Waals surface area contributed by atoms with Crippen LogP contribution < -0.4 is 5.32 Å². The molecule has 0 atom stereocenters. The molecule has 0 saturated heterocycles. The Kier molecular flexibility index (Phi) is 15.9. The largest absolute Gasteiger partial charge is 0.381 e. The SMILES string of the molecule is CNCO.Cl. The summed E-state index contributed by atoms with van der Waals surface area (Å²) in [5.41, 5.74) is 0. The van der Waals surface area contributed by atoms with E-state index in [-0.39, 0.29) is 19.1 Å². The summed E-state index contributed by atoms with van der Waals surface area (Å²) in [6, 6.07) is 0. The lowest BCUT2D eigenvalue weighted by Crippen LogP contribution is -2.04. The lowest BCUT2D eigenvalue weighted by Gasteiger charge is -1.76. The predicted octanol–water partition coefficient (Wildman–Crippen LogP) is -0.423. The molecule has 0 unspecified atom stereocenters. The van der Waals surface area contributed by atoms with E-state index in [0.717, 1.165) is 0 Å². The van der Waals surface area contributed by atoms with E-state index in [1.807, 2.05) is 0 Å². The summed E-state index contributed by atoms with van der Waals surface area (Å²) < 4.78 is 0. The summed E-state index contributed by atoms with van der Waals surface area (Å²) in [7, 11) is 1.68. The summed E-state index contributed by atoms with van der Waals surface area (Å²) in [4.78, 5) is 0. The number of rotatable bonds is 1. The van der Waals surface area contributed by atoms with Gasteiger partial charge in [-0.05, 0) is 7.05 Å². The molecule has 0 aliphatic carbocycles. The van der Waals surface area contributed by atoms with E-state index in [2.05, 4.69) is 5.32 Å². The lowest BCUT2D eigenvalue weighted by molar-refractivity contribution is 0.273. The zero-order valence-corrected chi connectivity index (χ0v) is 3.88. The van der Waals surface area contributed by atoms with Gasteiger partial charge in [-0.15, -0.1) is 12.4 Å². The van der Waals surface area contributed by atoms with Gasteiger partial charge >= 0.3 is 0 Å². The Bertz CT molecular complexity index is 11.6. The Balaban J connectivity index is 0. The predicted molar refractivity (Wildman–Crippen MR) is 23.4 cm³/mol. The molecule has 0 rings (SSSR count). The van der Waals surface area contributed by atoms with Crippen molar-refractivity contribution in [3.63, 3.8) is 0 Å². The van der Waals surface area contributed by atoms with Crippen molar-refractivity contribution in [1.29, 1.82) is 0 Å². The number of aliphatic hydroxyl groups is 1. The van der Waals surface area contributed by atoms with E-state index >= 15 is 0 Å². The summed E-state index contributed by atoms with van der Waals surface area (Å²) in [5.74, 6) is 0. The average molecular weight is 97.5 g/mol. The minimum absolute atomic E-state index is 0. The Morgan fingerprint density at radius 2 is 2.00 bits per heavy atom. The fourth-order valence-electron chi connectivity index (χ4n) is 0. The highest BCUT2D eigenvalue weighted by Crippen LogP contribution is 1.24. The summed E-state index contributed by atoms with van der Waals surface area (Å²) >= 11 is 0. The van der Waals surface area contributed by atoms with Crippen molar-refractivity contribution in [3.8, 4) is 0 Å². The first-order valence-electron chi connectivity index (χ1n) is 1.17. The molecule has 0 aliphatic rings. The quantitative estimate of drug-likeness (QED) is 0.436. The van der Waals surface area contributed by atoms with Crippen LogP contribution in [0.25, 0.3) is 0 Å². The average Bonchev–Trinajstić information content (AvgIpc) is 1.37. The minimum Gasteiger partial charge on any atom is -0.381 e. The number of aliphatic hydroxyl groups excluding tert-OH is 1. The van der Waals surface area contributed by atoms with Crippen LogP contribution in [0.1, 0.15) is 0 Å². The van der Waals surface area contributed by atoms with E-state index in [9.17, 15) is 0 Å². The number of halogens is 1. The first-order chi connectivity index (χ1) is 1.91. The molecule has 0 bridgehead atoms. The van der Waals surface area contributed by atoms with Crippen LogP contribution in [0.4, 0.5) is 0 Å². The molecule has 0 aromatic carbocycles. The van der Waals surface area contributed by atoms with Crippen molar-refractivity contribution in [3.05, 3.63) is 0 Å². The molecule has 34 valence electrons. The standard InChI is InChI=1S/C2H7NO.ClH/c1-3-2-4;/h3-4H,2H2,1H3;1H. The van der Waals surface area contributed by atoms with Gasteiger partial charge in [0.25, 0.3) is 0 Å². The Labute approximate surface area is 37.6 Å². The second kappa shape index (κ2) is 8.88. The van der Waals surface area contributed by atoms with Crippen molar-refractivity contribution in [2.75, 3.05) is 13.8 Å². The molecule has 0 aliphatic heterocycles. The summed E-state index contributed by atoms with van der Waals surface area (Å²) in [5, 5.41) is 10.2. The summed E-state index contributed by atoms with van der Waals surface area (Å²) in [6.45, 7) is 0.0694. The third kappa shape index (κ3) is 14.0. The molecule has 0 heterocycles. The molecule has 2 nitrogen and oxygen atoms in total. The van der Waals surface area contributed by atoms with Crippen LogP contribution in [-0.2, 0) is 0 Å². The molecular weight excluding hydrogens is 89.5 g/mol. The van der Waals surface area contributed by atoms with Crippen molar-refractivity contribution in [1.82, 2.24) is 5.32 Å². The molecule has 5 heavy (non-hydrogen) atoms. The van der Waals surface area contributed by atoms with Gasteiger partial charge < -0.3 is 5.11 Å². The van der Waals surface area contributed by atoms with Gasteiger partial charge in [0, 0.05) is 0 Å². The smallest absolute Gasteiger partial charge is 0.0929 e. The molecule has 2 N–H and O–H groups in total. The van der Waals surface area contributed by atoms with Crippen LogP contribution in [0.5, 0.6) is 0 Å². The number of hydrogen-bond acceptors (Lipinski definition) is 2. The van der Waals surface area contributed by atoms with Crippen molar-refractivity contribution >= 4 is 12.4 Å². The van der Waals surface area contributed by atoms with Crippen LogP contribution in [0.2, 0.25) is 0 Å². The monoisotopic (exact) mass is 97.0 g/mol. The molecule has 0 radical (unpaired) electrons. The minimum atomic E-state index is 0. The molecule has 0 spiro atoms. The van der Waals surface area contributed by atoms with Crippen LogP contribution in [0.15, 0.2) is 0 Å². The maximum Gasteiger partial charge on any atom is 0.0929 e. The van der Waals surface area contributed by atoms with Gasteiger partial charge in [0.1, 0.15) is 0 Å². The summed E-state index contributed by atoms with van der Waals surface area (Å²) in [6.07, 6.45) is 0. The second-order valence-corrected chi connectivity index (χ2v) is 0.512. The molecule has 0 aromatic heterocycles. The van der Waals surface area contributed by atoms with E-state index in [0.29, 0.717) is 0 Å². The topological polar surface area (TPSA) is 32.3 Å². The zero-order valence-electron chi connectivity index (χ0n) is 3.06. The molecule has 3 heteroatoms.